The van der Waals surface area contributed by atoms with Crippen molar-refractivity contribution in [2.45, 2.75) is 44.4 Å². The zero-order valence-corrected chi connectivity index (χ0v) is 15.1. The number of hydrogen-bond donors (Lipinski definition) is 0. The molecule has 6 heteroatoms. The van der Waals surface area contributed by atoms with Crippen LogP contribution in [0.15, 0.2) is 11.4 Å². The van der Waals surface area contributed by atoms with E-state index < -0.39 is 0 Å². The monoisotopic (exact) mass is 350 g/mol. The molecule has 0 N–H and O–H groups in total. The second kappa shape index (κ2) is 6.75. The molecular formula is C18H26N2O3S. The molecule has 0 radical (unpaired) electrons. The Hall–Kier alpha value is -0.950. The normalized spacial score (nSPS) is 26.7. The largest absolute Gasteiger partial charge is 0.347 e. The number of ether oxygens (including phenoxy) is 2. The lowest BCUT2D eigenvalue weighted by atomic mass is 9.97. The Morgan fingerprint density at radius 2 is 2.04 bits per heavy atom. The van der Waals surface area contributed by atoms with Gasteiger partial charge in [-0.1, -0.05) is 6.92 Å². The summed E-state index contributed by atoms with van der Waals surface area (Å²) in [4.78, 5) is 18.7. The summed E-state index contributed by atoms with van der Waals surface area (Å²) >= 11 is 1.83. The number of likely N-dealkylation sites (tertiary alicyclic amines) is 1. The number of rotatable bonds is 3. The first-order valence-corrected chi connectivity index (χ1v) is 9.95. The van der Waals surface area contributed by atoms with Crippen molar-refractivity contribution in [2.75, 3.05) is 39.4 Å². The zero-order chi connectivity index (χ0) is 16.6. The number of fused-ring (bicyclic) bond motifs is 1. The highest BCUT2D eigenvalue weighted by atomic mass is 32.1. The molecule has 1 aromatic heterocycles. The Bertz CT molecular complexity index is 587. The molecule has 2 fully saturated rings. The topological polar surface area (TPSA) is 42.0 Å². The molecule has 4 rings (SSSR count). The van der Waals surface area contributed by atoms with E-state index in [2.05, 4.69) is 28.2 Å². The summed E-state index contributed by atoms with van der Waals surface area (Å²) < 4.78 is 11.5. The van der Waals surface area contributed by atoms with Gasteiger partial charge in [0.1, 0.15) is 0 Å². The number of thiophene rings is 1. The molecule has 1 aromatic rings. The van der Waals surface area contributed by atoms with Gasteiger partial charge in [0.05, 0.1) is 25.8 Å². The Labute approximate surface area is 147 Å². The van der Waals surface area contributed by atoms with Gasteiger partial charge in [-0.2, -0.15) is 0 Å². The molecule has 4 heterocycles. The van der Waals surface area contributed by atoms with Crippen LogP contribution in [0.4, 0.5) is 0 Å². The maximum absolute atomic E-state index is 12.9. The first kappa shape index (κ1) is 16.5. The van der Waals surface area contributed by atoms with Crippen molar-refractivity contribution in [3.05, 3.63) is 21.9 Å². The predicted molar refractivity (Wildman–Crippen MR) is 93.1 cm³/mol. The molecule has 3 aliphatic rings. The van der Waals surface area contributed by atoms with Gasteiger partial charge < -0.3 is 14.4 Å². The third kappa shape index (κ3) is 3.01. The summed E-state index contributed by atoms with van der Waals surface area (Å²) in [5.74, 6) is -0.0923. The summed E-state index contributed by atoms with van der Waals surface area (Å²) in [6.45, 7) is 6.71. The molecule has 1 amide bonds. The number of nitrogens with zero attached hydrogens (tertiary/aromatic N) is 2. The Balaban J connectivity index is 1.36. The maximum atomic E-state index is 12.9. The number of amides is 1. The number of hydrogen-bond acceptors (Lipinski definition) is 5. The molecule has 0 bridgehead atoms. The smallest absolute Gasteiger partial charge is 0.237 e. The van der Waals surface area contributed by atoms with Crippen molar-refractivity contribution < 1.29 is 14.3 Å². The molecule has 1 atom stereocenters. The minimum atomic E-state index is -0.359. The van der Waals surface area contributed by atoms with Gasteiger partial charge in [-0.15, -0.1) is 11.3 Å². The molecule has 1 spiro atoms. The van der Waals surface area contributed by atoms with E-state index in [1.54, 1.807) is 0 Å². The fourth-order valence-electron chi connectivity index (χ4n) is 4.25. The Morgan fingerprint density at radius 1 is 1.29 bits per heavy atom. The van der Waals surface area contributed by atoms with E-state index in [1.807, 2.05) is 11.3 Å². The summed E-state index contributed by atoms with van der Waals surface area (Å²) in [7, 11) is 0. The fraction of sp³-hybridized carbons (Fsp3) is 0.722. The van der Waals surface area contributed by atoms with Crippen LogP contribution in [0.3, 0.4) is 0 Å². The van der Waals surface area contributed by atoms with Crippen molar-refractivity contribution in [3.8, 4) is 0 Å². The van der Waals surface area contributed by atoms with Gasteiger partial charge in [0.25, 0.3) is 0 Å². The van der Waals surface area contributed by atoms with Crippen LogP contribution in [0, 0.1) is 0 Å². The standard InChI is InChI=1S/C18H26N2O3S/c1-2-15-14-4-12-24-16(14)3-7-20(15)17(21)13-19-8-5-18(6-9-19)22-10-11-23-18/h4,12,15H,2-3,5-11,13H2,1H3. The SMILES string of the molecule is CCC1c2ccsc2CCN1C(=O)CN1CCC2(CC1)OCCO2. The van der Waals surface area contributed by atoms with E-state index >= 15 is 0 Å². The zero-order valence-electron chi connectivity index (χ0n) is 14.3. The molecule has 2 saturated heterocycles. The molecule has 0 saturated carbocycles. The van der Waals surface area contributed by atoms with E-state index in [0.717, 1.165) is 45.3 Å². The quantitative estimate of drug-likeness (QED) is 0.840. The molecule has 24 heavy (non-hydrogen) atoms. The van der Waals surface area contributed by atoms with Crippen LogP contribution < -0.4 is 0 Å². The number of carbonyl (C=O) groups excluding carboxylic acids is 1. The predicted octanol–water partition coefficient (Wildman–Crippen LogP) is 2.42. The van der Waals surface area contributed by atoms with Crippen LogP contribution >= 0.6 is 11.3 Å². The third-order valence-electron chi connectivity index (χ3n) is 5.59. The van der Waals surface area contributed by atoms with Crippen LogP contribution in [0.1, 0.15) is 42.7 Å². The Kier molecular flexibility index (Phi) is 4.64. The number of piperidine rings is 1. The van der Waals surface area contributed by atoms with Gasteiger partial charge in [0.2, 0.25) is 5.91 Å². The van der Waals surface area contributed by atoms with Gasteiger partial charge in [-0.3, -0.25) is 9.69 Å². The summed E-state index contributed by atoms with van der Waals surface area (Å²) in [5.41, 5.74) is 1.37. The van der Waals surface area contributed by atoms with E-state index in [1.165, 1.54) is 10.4 Å². The summed E-state index contributed by atoms with van der Waals surface area (Å²) in [6.07, 6.45) is 3.72. The lowest BCUT2D eigenvalue weighted by molar-refractivity contribution is -0.186. The van der Waals surface area contributed by atoms with Crippen LogP contribution in [0.25, 0.3) is 0 Å². The molecule has 5 nitrogen and oxygen atoms in total. The first-order chi connectivity index (χ1) is 11.7. The molecular weight excluding hydrogens is 324 g/mol. The van der Waals surface area contributed by atoms with E-state index in [0.29, 0.717) is 19.8 Å². The first-order valence-electron chi connectivity index (χ1n) is 9.07. The van der Waals surface area contributed by atoms with Crippen LogP contribution in [-0.4, -0.2) is 60.9 Å². The highest BCUT2D eigenvalue weighted by Gasteiger charge is 2.40. The van der Waals surface area contributed by atoms with Crippen LogP contribution in [-0.2, 0) is 20.7 Å². The van der Waals surface area contributed by atoms with E-state index in [-0.39, 0.29) is 17.7 Å². The van der Waals surface area contributed by atoms with Crippen molar-refractivity contribution >= 4 is 17.2 Å². The maximum Gasteiger partial charge on any atom is 0.237 e. The Morgan fingerprint density at radius 3 is 2.75 bits per heavy atom. The van der Waals surface area contributed by atoms with E-state index in [9.17, 15) is 4.79 Å². The van der Waals surface area contributed by atoms with Crippen molar-refractivity contribution in [2.24, 2.45) is 0 Å². The number of carbonyl (C=O) groups is 1. The molecule has 3 aliphatic heterocycles. The lowest BCUT2D eigenvalue weighted by Crippen LogP contribution is -2.50. The molecule has 1 unspecified atom stereocenters. The third-order valence-corrected chi connectivity index (χ3v) is 6.59. The second-order valence-corrected chi connectivity index (χ2v) is 7.94. The van der Waals surface area contributed by atoms with Crippen molar-refractivity contribution in [1.82, 2.24) is 9.80 Å². The lowest BCUT2D eigenvalue weighted by Gasteiger charge is -2.40. The summed E-state index contributed by atoms with van der Waals surface area (Å²) in [5, 5.41) is 2.16. The van der Waals surface area contributed by atoms with Gasteiger partial charge in [0.15, 0.2) is 5.79 Å². The highest BCUT2D eigenvalue weighted by molar-refractivity contribution is 7.10. The average Bonchev–Trinajstić information content (AvgIpc) is 3.25. The summed E-state index contributed by atoms with van der Waals surface area (Å²) in [6, 6.07) is 2.46. The fourth-order valence-corrected chi connectivity index (χ4v) is 5.18. The second-order valence-electron chi connectivity index (χ2n) is 6.94. The van der Waals surface area contributed by atoms with Gasteiger partial charge in [0, 0.05) is 37.4 Å². The molecule has 132 valence electrons. The van der Waals surface area contributed by atoms with Crippen molar-refractivity contribution in [1.29, 1.82) is 0 Å². The highest BCUT2D eigenvalue weighted by Crippen LogP contribution is 2.36. The average molecular weight is 350 g/mol. The van der Waals surface area contributed by atoms with E-state index in [4.69, 9.17) is 9.47 Å². The van der Waals surface area contributed by atoms with Gasteiger partial charge in [-0.05, 0) is 29.9 Å². The van der Waals surface area contributed by atoms with Crippen LogP contribution in [0.5, 0.6) is 0 Å². The minimum absolute atomic E-state index is 0.255. The molecule has 0 aromatic carbocycles. The molecule has 0 aliphatic carbocycles. The van der Waals surface area contributed by atoms with Crippen molar-refractivity contribution in [3.63, 3.8) is 0 Å². The van der Waals surface area contributed by atoms with Gasteiger partial charge in [-0.25, -0.2) is 0 Å². The van der Waals surface area contributed by atoms with Crippen LogP contribution in [0.2, 0.25) is 0 Å². The minimum Gasteiger partial charge on any atom is -0.347 e. The van der Waals surface area contributed by atoms with Gasteiger partial charge >= 0.3 is 0 Å².